The van der Waals surface area contributed by atoms with Crippen LogP contribution in [-0.4, -0.2) is 17.1 Å². The first-order valence-electron chi connectivity index (χ1n) is 5.49. The van der Waals surface area contributed by atoms with Gasteiger partial charge >= 0.3 is 6.03 Å². The molecular weight excluding hydrogens is 234 g/mol. The van der Waals surface area contributed by atoms with E-state index in [1.165, 1.54) is 16.9 Å². The number of rotatable bonds is 2. The molecule has 0 radical (unpaired) electrons. The highest BCUT2D eigenvalue weighted by Gasteiger charge is 2.08. The Morgan fingerprint density at radius 2 is 2.18 bits per heavy atom. The van der Waals surface area contributed by atoms with Gasteiger partial charge < -0.3 is 5.32 Å². The van der Waals surface area contributed by atoms with E-state index < -0.39 is 0 Å². The number of carbonyl (C=O) groups excluding carboxylic acids is 1. The van der Waals surface area contributed by atoms with Gasteiger partial charge in [-0.05, 0) is 38.5 Å². The zero-order chi connectivity index (χ0) is 12.4. The van der Waals surface area contributed by atoms with Crippen LogP contribution in [0, 0.1) is 6.92 Å². The number of aryl methyl sites for hydroxylation is 1. The third-order valence-corrected chi connectivity index (χ3v) is 3.12. The second-order valence-corrected chi connectivity index (χ2v) is 5.27. The van der Waals surface area contributed by atoms with E-state index in [0.29, 0.717) is 5.13 Å². The fourth-order valence-electron chi connectivity index (χ4n) is 1.48. The summed E-state index contributed by atoms with van der Waals surface area (Å²) >= 11 is 1.48. The molecule has 0 aliphatic rings. The van der Waals surface area contributed by atoms with Crippen LogP contribution >= 0.6 is 11.3 Å². The molecule has 0 fully saturated rings. The minimum atomic E-state index is -0.212. The molecule has 0 atom stereocenters. The Morgan fingerprint density at radius 3 is 2.88 bits per heavy atom. The van der Waals surface area contributed by atoms with Crippen LogP contribution in [0.25, 0.3) is 10.2 Å². The second kappa shape index (κ2) is 4.71. The van der Waals surface area contributed by atoms with E-state index in [9.17, 15) is 4.79 Å². The molecule has 4 nitrogen and oxygen atoms in total. The zero-order valence-corrected chi connectivity index (χ0v) is 10.9. The fourth-order valence-corrected chi connectivity index (χ4v) is 2.44. The number of urea groups is 1. The predicted molar refractivity (Wildman–Crippen MR) is 71.6 cm³/mol. The molecule has 2 N–H and O–H groups in total. The monoisotopic (exact) mass is 249 g/mol. The first-order valence-corrected chi connectivity index (χ1v) is 6.31. The molecule has 0 saturated heterocycles. The molecule has 0 spiro atoms. The summed E-state index contributed by atoms with van der Waals surface area (Å²) < 4.78 is 1.09. The lowest BCUT2D eigenvalue weighted by atomic mass is 10.2. The van der Waals surface area contributed by atoms with Gasteiger partial charge in [-0.15, -0.1) is 0 Å². The minimum Gasteiger partial charge on any atom is -0.336 e. The average Bonchev–Trinajstić information content (AvgIpc) is 2.57. The summed E-state index contributed by atoms with van der Waals surface area (Å²) in [4.78, 5) is 15.9. The molecule has 17 heavy (non-hydrogen) atoms. The molecule has 2 rings (SSSR count). The van der Waals surface area contributed by atoms with Gasteiger partial charge in [-0.3, -0.25) is 5.32 Å². The van der Waals surface area contributed by atoms with Crippen molar-refractivity contribution < 1.29 is 4.79 Å². The standard InChI is InChI=1S/C12H15N3OS/c1-7(2)13-11(16)15-12-14-9-5-4-8(3)6-10(9)17-12/h4-7H,1-3H3,(H2,13,14,15,16). The molecule has 0 aliphatic carbocycles. The van der Waals surface area contributed by atoms with Crippen LogP contribution in [-0.2, 0) is 0 Å². The van der Waals surface area contributed by atoms with Gasteiger partial charge in [0.1, 0.15) is 0 Å². The Hall–Kier alpha value is -1.62. The Morgan fingerprint density at radius 1 is 1.41 bits per heavy atom. The Bertz CT molecular complexity index is 548. The number of thiazole rings is 1. The number of anilines is 1. The van der Waals surface area contributed by atoms with Gasteiger partial charge in [0.25, 0.3) is 0 Å². The van der Waals surface area contributed by atoms with Crippen molar-refractivity contribution in [3.8, 4) is 0 Å². The Balaban J connectivity index is 2.17. The number of aromatic nitrogens is 1. The molecule has 0 unspecified atom stereocenters. The topological polar surface area (TPSA) is 54.0 Å². The van der Waals surface area contributed by atoms with E-state index in [4.69, 9.17) is 0 Å². The number of carbonyl (C=O) groups is 1. The van der Waals surface area contributed by atoms with Gasteiger partial charge in [-0.25, -0.2) is 9.78 Å². The molecule has 0 saturated carbocycles. The normalized spacial score (nSPS) is 10.8. The van der Waals surface area contributed by atoms with Gasteiger partial charge in [0, 0.05) is 6.04 Å². The van der Waals surface area contributed by atoms with E-state index in [1.54, 1.807) is 0 Å². The summed E-state index contributed by atoms with van der Waals surface area (Å²) in [5.41, 5.74) is 2.11. The van der Waals surface area contributed by atoms with Crippen LogP contribution in [0.2, 0.25) is 0 Å². The average molecular weight is 249 g/mol. The second-order valence-electron chi connectivity index (χ2n) is 4.24. The van der Waals surface area contributed by atoms with Crippen LogP contribution < -0.4 is 10.6 Å². The van der Waals surface area contributed by atoms with Gasteiger partial charge in [0.15, 0.2) is 5.13 Å². The highest BCUT2D eigenvalue weighted by atomic mass is 32.1. The summed E-state index contributed by atoms with van der Waals surface area (Å²) in [6.45, 7) is 5.88. The number of hydrogen-bond donors (Lipinski definition) is 2. The number of hydrogen-bond acceptors (Lipinski definition) is 3. The van der Waals surface area contributed by atoms with Gasteiger partial charge in [0.05, 0.1) is 10.2 Å². The number of amides is 2. The molecule has 1 heterocycles. The fraction of sp³-hybridized carbons (Fsp3) is 0.333. The first-order chi connectivity index (χ1) is 8.04. The summed E-state index contributed by atoms with van der Waals surface area (Å²) in [7, 11) is 0. The molecule has 0 aliphatic heterocycles. The number of benzene rings is 1. The lowest BCUT2D eigenvalue weighted by Gasteiger charge is -2.07. The highest BCUT2D eigenvalue weighted by Crippen LogP contribution is 2.26. The SMILES string of the molecule is Cc1ccc2nc(NC(=O)NC(C)C)sc2c1. The summed E-state index contributed by atoms with van der Waals surface area (Å²) in [5, 5.41) is 6.13. The van der Waals surface area contributed by atoms with E-state index in [-0.39, 0.29) is 12.1 Å². The first kappa shape index (κ1) is 11.9. The maximum absolute atomic E-state index is 11.5. The van der Waals surface area contributed by atoms with Gasteiger partial charge in [-0.1, -0.05) is 17.4 Å². The highest BCUT2D eigenvalue weighted by molar-refractivity contribution is 7.22. The van der Waals surface area contributed by atoms with Crippen molar-refractivity contribution >= 4 is 32.7 Å². The van der Waals surface area contributed by atoms with Crippen molar-refractivity contribution in [1.29, 1.82) is 0 Å². The summed E-state index contributed by atoms with van der Waals surface area (Å²) in [6.07, 6.45) is 0. The number of fused-ring (bicyclic) bond motifs is 1. The molecule has 5 heteroatoms. The van der Waals surface area contributed by atoms with E-state index in [0.717, 1.165) is 10.2 Å². The Labute approximate surface area is 104 Å². The van der Waals surface area contributed by atoms with E-state index >= 15 is 0 Å². The maximum Gasteiger partial charge on any atom is 0.321 e. The number of nitrogens with one attached hydrogen (secondary N) is 2. The van der Waals surface area contributed by atoms with Gasteiger partial charge in [-0.2, -0.15) is 0 Å². The maximum atomic E-state index is 11.5. The van der Waals surface area contributed by atoms with Crippen LogP contribution in [0.5, 0.6) is 0 Å². The van der Waals surface area contributed by atoms with Crippen molar-refractivity contribution in [2.24, 2.45) is 0 Å². The summed E-state index contributed by atoms with van der Waals surface area (Å²) in [5.74, 6) is 0. The molecule has 2 amide bonds. The smallest absolute Gasteiger partial charge is 0.321 e. The minimum absolute atomic E-state index is 0.117. The van der Waals surface area contributed by atoms with Crippen molar-refractivity contribution in [2.45, 2.75) is 26.8 Å². The largest absolute Gasteiger partial charge is 0.336 e. The molecule has 1 aromatic heterocycles. The molecule has 0 bridgehead atoms. The Kier molecular flexibility index (Phi) is 3.28. The lowest BCUT2D eigenvalue weighted by Crippen LogP contribution is -2.34. The van der Waals surface area contributed by atoms with Crippen LogP contribution in [0.15, 0.2) is 18.2 Å². The third kappa shape index (κ3) is 2.94. The van der Waals surface area contributed by atoms with Crippen molar-refractivity contribution in [1.82, 2.24) is 10.3 Å². The van der Waals surface area contributed by atoms with E-state index in [1.807, 2.05) is 32.9 Å². The van der Waals surface area contributed by atoms with Gasteiger partial charge in [0.2, 0.25) is 0 Å². The van der Waals surface area contributed by atoms with Crippen LogP contribution in [0.3, 0.4) is 0 Å². The van der Waals surface area contributed by atoms with Crippen LogP contribution in [0.4, 0.5) is 9.93 Å². The van der Waals surface area contributed by atoms with Crippen molar-refractivity contribution in [3.63, 3.8) is 0 Å². The van der Waals surface area contributed by atoms with Crippen LogP contribution in [0.1, 0.15) is 19.4 Å². The van der Waals surface area contributed by atoms with Crippen molar-refractivity contribution in [3.05, 3.63) is 23.8 Å². The lowest BCUT2D eigenvalue weighted by molar-refractivity contribution is 0.250. The zero-order valence-electron chi connectivity index (χ0n) is 10.1. The summed E-state index contributed by atoms with van der Waals surface area (Å²) in [6, 6.07) is 5.95. The van der Waals surface area contributed by atoms with E-state index in [2.05, 4.69) is 21.7 Å². The predicted octanol–water partition coefficient (Wildman–Crippen LogP) is 3.13. The third-order valence-electron chi connectivity index (χ3n) is 2.18. The molecule has 90 valence electrons. The molecule has 1 aromatic carbocycles. The quantitative estimate of drug-likeness (QED) is 0.859. The number of nitrogens with zero attached hydrogens (tertiary/aromatic N) is 1. The molecule has 2 aromatic rings. The van der Waals surface area contributed by atoms with Crippen molar-refractivity contribution in [2.75, 3.05) is 5.32 Å². The molecular formula is C12H15N3OS.